The lowest BCUT2D eigenvalue weighted by atomic mass is 9.89. The number of sulfonamides is 1. The molecule has 1 aliphatic heterocycles. The minimum Gasteiger partial charge on any atom is -0.406 e. The van der Waals surface area contributed by atoms with Gasteiger partial charge < -0.3 is 9.64 Å². The summed E-state index contributed by atoms with van der Waals surface area (Å²) in [6.07, 6.45) is 0.169. The largest absolute Gasteiger partial charge is 0.573 e. The maximum absolute atomic E-state index is 13.0. The molecule has 1 fully saturated rings. The Morgan fingerprint density at radius 1 is 0.833 bits per heavy atom. The Hall–Kier alpha value is -3.04. The standard InChI is InChI=1S/C27H27F3N2O3S/c28-27(29,30)35-23-14-16-24(17-15-23)36(33,34)31-21-8-5-9-22(18-21)32-25-10-3-1-6-19(25)12-13-20-7-2-4-11-26(20)32/h1-4,6-7,10-11,14-17,21-22,31H,5,8-9,12-13,18H2/t21-,22-/m1/s1. The van der Waals surface area contributed by atoms with E-state index in [0.717, 1.165) is 61.3 Å². The second kappa shape index (κ2) is 9.78. The number of hydrogen-bond donors (Lipinski definition) is 1. The number of anilines is 2. The highest BCUT2D eigenvalue weighted by molar-refractivity contribution is 7.89. The molecule has 190 valence electrons. The van der Waals surface area contributed by atoms with Gasteiger partial charge in [0.25, 0.3) is 0 Å². The summed E-state index contributed by atoms with van der Waals surface area (Å²) in [5.74, 6) is -0.460. The fourth-order valence-electron chi connectivity index (χ4n) is 5.32. The topological polar surface area (TPSA) is 58.6 Å². The van der Waals surface area contributed by atoms with Crippen LogP contribution in [0.3, 0.4) is 0 Å². The van der Waals surface area contributed by atoms with E-state index >= 15 is 0 Å². The van der Waals surface area contributed by atoms with E-state index in [9.17, 15) is 21.6 Å². The van der Waals surface area contributed by atoms with Crippen LogP contribution in [0.1, 0.15) is 36.8 Å². The second-order valence-corrected chi connectivity index (χ2v) is 11.0. The fourth-order valence-corrected chi connectivity index (χ4v) is 6.60. The number of nitrogens with one attached hydrogen (secondary N) is 1. The molecule has 3 aromatic carbocycles. The third-order valence-electron chi connectivity index (χ3n) is 6.87. The minimum absolute atomic E-state index is 0.0930. The van der Waals surface area contributed by atoms with E-state index in [2.05, 4.69) is 50.8 Å². The molecule has 0 bridgehead atoms. The number of alkyl halides is 3. The summed E-state index contributed by atoms with van der Waals surface area (Å²) in [7, 11) is -3.91. The molecular formula is C27H27F3N2O3S. The van der Waals surface area contributed by atoms with Gasteiger partial charge in [-0.15, -0.1) is 13.2 Å². The van der Waals surface area contributed by atoms with Crippen molar-refractivity contribution in [3.63, 3.8) is 0 Å². The Morgan fingerprint density at radius 2 is 1.42 bits per heavy atom. The van der Waals surface area contributed by atoms with Gasteiger partial charge in [0.2, 0.25) is 10.0 Å². The fraction of sp³-hybridized carbons (Fsp3) is 0.333. The zero-order valence-corrected chi connectivity index (χ0v) is 20.4. The number of rotatable bonds is 5. The minimum atomic E-state index is -4.83. The molecule has 1 saturated carbocycles. The first-order valence-corrected chi connectivity index (χ1v) is 13.5. The Balaban J connectivity index is 1.37. The number of benzene rings is 3. The van der Waals surface area contributed by atoms with Gasteiger partial charge in [-0.3, -0.25) is 0 Å². The first-order chi connectivity index (χ1) is 17.2. The van der Waals surface area contributed by atoms with Crippen molar-refractivity contribution in [3.05, 3.63) is 83.9 Å². The number of aryl methyl sites for hydroxylation is 2. The van der Waals surface area contributed by atoms with E-state index in [1.165, 1.54) is 11.1 Å². The summed E-state index contributed by atoms with van der Waals surface area (Å²) in [4.78, 5) is 2.28. The number of ether oxygens (including phenoxy) is 1. The van der Waals surface area contributed by atoms with Crippen molar-refractivity contribution >= 4 is 21.4 Å². The van der Waals surface area contributed by atoms with Crippen molar-refractivity contribution in [2.75, 3.05) is 4.90 Å². The molecule has 0 unspecified atom stereocenters. The van der Waals surface area contributed by atoms with Crippen LogP contribution >= 0.6 is 0 Å². The summed E-state index contributed by atoms with van der Waals surface area (Å²) >= 11 is 0. The van der Waals surface area contributed by atoms with Crippen molar-refractivity contribution in [1.82, 2.24) is 4.72 Å². The molecule has 0 aromatic heterocycles. The Labute approximate surface area is 208 Å². The normalized spacial score (nSPS) is 20.2. The number of fused-ring (bicyclic) bond motifs is 2. The SMILES string of the molecule is O=S(=O)(N[C@@H]1CCC[C@@H](N2c3ccccc3CCc3ccccc32)C1)c1ccc(OC(F)(F)F)cc1. The van der Waals surface area contributed by atoms with Crippen LogP contribution in [0.2, 0.25) is 0 Å². The molecule has 1 heterocycles. The predicted octanol–water partition coefficient (Wildman–Crippen LogP) is 6.11. The molecule has 3 aromatic rings. The molecular weight excluding hydrogens is 489 g/mol. The second-order valence-electron chi connectivity index (χ2n) is 9.29. The molecule has 5 nitrogen and oxygen atoms in total. The molecule has 0 saturated heterocycles. The van der Waals surface area contributed by atoms with Gasteiger partial charge in [0.15, 0.2) is 0 Å². The van der Waals surface area contributed by atoms with Crippen LogP contribution in [-0.2, 0) is 22.9 Å². The number of hydrogen-bond acceptors (Lipinski definition) is 4. The number of para-hydroxylation sites is 2. The molecule has 0 amide bonds. The summed E-state index contributed by atoms with van der Waals surface area (Å²) in [6.45, 7) is 0. The van der Waals surface area contributed by atoms with E-state index in [1.54, 1.807) is 0 Å². The monoisotopic (exact) mass is 516 g/mol. The highest BCUT2D eigenvalue weighted by Crippen LogP contribution is 2.41. The molecule has 9 heteroatoms. The highest BCUT2D eigenvalue weighted by Gasteiger charge is 2.34. The molecule has 36 heavy (non-hydrogen) atoms. The summed E-state index contributed by atoms with van der Waals surface area (Å²) < 4.78 is 70.0. The van der Waals surface area contributed by atoms with Crippen LogP contribution in [0.5, 0.6) is 5.75 Å². The summed E-state index contributed by atoms with van der Waals surface area (Å²) in [6, 6.07) is 20.9. The molecule has 1 aliphatic carbocycles. The maximum Gasteiger partial charge on any atom is 0.573 e. The molecule has 0 spiro atoms. The summed E-state index contributed by atoms with van der Waals surface area (Å²) in [5.41, 5.74) is 4.88. The van der Waals surface area contributed by atoms with E-state index in [-0.39, 0.29) is 17.0 Å². The van der Waals surface area contributed by atoms with Gasteiger partial charge in [0.1, 0.15) is 5.75 Å². The van der Waals surface area contributed by atoms with Crippen LogP contribution in [0, 0.1) is 0 Å². The maximum atomic E-state index is 13.0. The lowest BCUT2D eigenvalue weighted by Crippen LogP contribution is -2.44. The number of nitrogens with zero attached hydrogens (tertiary/aromatic N) is 1. The van der Waals surface area contributed by atoms with Crippen molar-refractivity contribution in [2.24, 2.45) is 0 Å². The van der Waals surface area contributed by atoms with Gasteiger partial charge in [-0.25, -0.2) is 13.1 Å². The average Bonchev–Trinajstić information content (AvgIpc) is 3.00. The van der Waals surface area contributed by atoms with E-state index in [4.69, 9.17) is 0 Å². The highest BCUT2D eigenvalue weighted by atomic mass is 32.2. The van der Waals surface area contributed by atoms with E-state index < -0.39 is 22.1 Å². The molecule has 2 atom stereocenters. The van der Waals surface area contributed by atoms with Gasteiger partial charge in [-0.2, -0.15) is 0 Å². The van der Waals surface area contributed by atoms with Gasteiger partial charge in [0, 0.05) is 23.5 Å². The van der Waals surface area contributed by atoms with Crippen molar-refractivity contribution < 1.29 is 26.3 Å². The quantitative estimate of drug-likeness (QED) is 0.445. The van der Waals surface area contributed by atoms with Crippen LogP contribution in [0.15, 0.2) is 77.7 Å². The Bertz CT molecular complexity index is 1280. The Morgan fingerprint density at radius 3 is 2.00 bits per heavy atom. The van der Waals surface area contributed by atoms with Crippen molar-refractivity contribution in [3.8, 4) is 5.75 Å². The van der Waals surface area contributed by atoms with Gasteiger partial charge in [-0.05, 0) is 86.1 Å². The smallest absolute Gasteiger partial charge is 0.406 e. The van der Waals surface area contributed by atoms with E-state index in [0.29, 0.717) is 12.8 Å². The first-order valence-electron chi connectivity index (χ1n) is 12.0. The van der Waals surface area contributed by atoms with Crippen LogP contribution in [-0.4, -0.2) is 26.9 Å². The van der Waals surface area contributed by atoms with Crippen LogP contribution in [0.4, 0.5) is 24.5 Å². The third-order valence-corrected chi connectivity index (χ3v) is 8.40. The zero-order chi connectivity index (χ0) is 25.3. The van der Waals surface area contributed by atoms with Gasteiger partial charge >= 0.3 is 6.36 Å². The molecule has 5 rings (SSSR count). The molecule has 2 aliphatic rings. The van der Waals surface area contributed by atoms with E-state index in [1.807, 2.05) is 12.1 Å². The summed E-state index contributed by atoms with van der Waals surface area (Å²) in [5, 5.41) is 0. The predicted molar refractivity (Wildman–Crippen MR) is 132 cm³/mol. The number of halogens is 3. The average molecular weight is 517 g/mol. The zero-order valence-electron chi connectivity index (χ0n) is 19.5. The van der Waals surface area contributed by atoms with Crippen molar-refractivity contribution in [1.29, 1.82) is 0 Å². The Kier molecular flexibility index (Phi) is 6.70. The third kappa shape index (κ3) is 5.37. The van der Waals surface area contributed by atoms with Crippen LogP contribution in [0.25, 0.3) is 0 Å². The lowest BCUT2D eigenvalue weighted by Gasteiger charge is -2.40. The lowest BCUT2D eigenvalue weighted by molar-refractivity contribution is -0.274. The molecule has 1 N–H and O–H groups in total. The van der Waals surface area contributed by atoms with Gasteiger partial charge in [-0.1, -0.05) is 36.4 Å². The first kappa shape index (κ1) is 24.6. The van der Waals surface area contributed by atoms with Crippen LogP contribution < -0.4 is 14.4 Å². The molecule has 0 radical (unpaired) electrons. The van der Waals surface area contributed by atoms with Crippen molar-refractivity contribution in [2.45, 2.75) is 61.9 Å². The van der Waals surface area contributed by atoms with Gasteiger partial charge in [0.05, 0.1) is 4.90 Å².